The van der Waals surface area contributed by atoms with Crippen molar-refractivity contribution in [2.45, 2.75) is 19.0 Å². The summed E-state index contributed by atoms with van der Waals surface area (Å²) in [7, 11) is 0. The van der Waals surface area contributed by atoms with Gasteiger partial charge in [0.2, 0.25) is 5.89 Å². The van der Waals surface area contributed by atoms with Crippen molar-refractivity contribution in [2.75, 3.05) is 31.3 Å². The Morgan fingerprint density at radius 1 is 1.62 bits per heavy atom. The first kappa shape index (κ1) is 11.3. The van der Waals surface area contributed by atoms with Crippen molar-refractivity contribution in [3.63, 3.8) is 0 Å². The molecule has 1 aliphatic heterocycles. The molecule has 2 atom stereocenters. The van der Waals surface area contributed by atoms with Crippen LogP contribution in [0.25, 0.3) is 0 Å². The first-order valence-electron chi connectivity index (χ1n) is 5.26. The molecular weight excluding hydrogens is 212 g/mol. The van der Waals surface area contributed by atoms with Crippen molar-refractivity contribution < 1.29 is 14.3 Å². The Bertz CT molecular complexity index is 341. The van der Waals surface area contributed by atoms with Crippen LogP contribution in [0, 0.1) is 0 Å². The van der Waals surface area contributed by atoms with Crippen LogP contribution in [0.1, 0.15) is 18.9 Å². The molecule has 1 aliphatic rings. The fraction of sp³-hybridized carbons (Fsp3) is 0.778. The highest BCUT2D eigenvalue weighted by Gasteiger charge is 2.27. The highest BCUT2D eigenvalue weighted by Crippen LogP contribution is 2.19. The third kappa shape index (κ3) is 2.16. The molecule has 1 aromatic rings. The highest BCUT2D eigenvalue weighted by atomic mass is 16.5. The first-order valence-corrected chi connectivity index (χ1v) is 5.26. The monoisotopic (exact) mass is 228 g/mol. The molecule has 0 radical (unpaired) electrons. The van der Waals surface area contributed by atoms with Crippen LogP contribution in [0.4, 0.5) is 6.01 Å². The summed E-state index contributed by atoms with van der Waals surface area (Å²) in [5.41, 5.74) is 5.63. The topological polar surface area (TPSA) is 97.6 Å². The average molecular weight is 228 g/mol. The van der Waals surface area contributed by atoms with Crippen molar-refractivity contribution in [3.05, 3.63) is 5.89 Å². The van der Waals surface area contributed by atoms with Crippen molar-refractivity contribution in [3.8, 4) is 0 Å². The van der Waals surface area contributed by atoms with E-state index in [2.05, 4.69) is 10.2 Å². The zero-order valence-electron chi connectivity index (χ0n) is 9.17. The molecule has 7 heteroatoms. The van der Waals surface area contributed by atoms with Crippen LogP contribution in [0.3, 0.4) is 0 Å². The van der Waals surface area contributed by atoms with Crippen LogP contribution in [0.2, 0.25) is 0 Å². The van der Waals surface area contributed by atoms with Crippen molar-refractivity contribution in [2.24, 2.45) is 5.73 Å². The fourth-order valence-corrected chi connectivity index (χ4v) is 1.58. The van der Waals surface area contributed by atoms with Gasteiger partial charge in [-0.05, 0) is 6.92 Å². The van der Waals surface area contributed by atoms with Gasteiger partial charge < -0.3 is 24.9 Å². The third-order valence-corrected chi connectivity index (χ3v) is 2.50. The Morgan fingerprint density at radius 3 is 3.06 bits per heavy atom. The second-order valence-electron chi connectivity index (χ2n) is 3.82. The molecule has 2 heterocycles. The molecule has 0 aromatic carbocycles. The van der Waals surface area contributed by atoms with E-state index in [-0.39, 0.29) is 18.7 Å². The van der Waals surface area contributed by atoms with Crippen LogP contribution in [-0.4, -0.2) is 47.7 Å². The Hall–Kier alpha value is -1.18. The van der Waals surface area contributed by atoms with Crippen LogP contribution < -0.4 is 10.6 Å². The van der Waals surface area contributed by atoms with Gasteiger partial charge in [0.25, 0.3) is 0 Å². The molecule has 90 valence electrons. The van der Waals surface area contributed by atoms with E-state index in [1.54, 1.807) is 6.92 Å². The average Bonchev–Trinajstić information content (AvgIpc) is 2.78. The smallest absolute Gasteiger partial charge is 0.318 e. The second-order valence-corrected chi connectivity index (χ2v) is 3.82. The predicted molar refractivity (Wildman–Crippen MR) is 55.9 cm³/mol. The fourth-order valence-electron chi connectivity index (χ4n) is 1.58. The number of hydrogen-bond donors (Lipinski definition) is 2. The number of rotatable bonds is 3. The van der Waals surface area contributed by atoms with E-state index in [4.69, 9.17) is 14.9 Å². The Labute approximate surface area is 93.2 Å². The van der Waals surface area contributed by atoms with Gasteiger partial charge in [-0.2, -0.15) is 0 Å². The van der Waals surface area contributed by atoms with Crippen LogP contribution in [0.5, 0.6) is 0 Å². The van der Waals surface area contributed by atoms with Gasteiger partial charge in [-0.3, -0.25) is 0 Å². The van der Waals surface area contributed by atoms with E-state index >= 15 is 0 Å². The number of anilines is 1. The van der Waals surface area contributed by atoms with Gasteiger partial charge in [0.05, 0.1) is 31.9 Å². The number of nitrogens with two attached hydrogens (primary N) is 1. The SMILES string of the molecule is CC(N)c1nnc(N2CCOCC2CO)o1. The Balaban J connectivity index is 2.14. The molecule has 0 aliphatic carbocycles. The largest absolute Gasteiger partial charge is 0.406 e. The lowest BCUT2D eigenvalue weighted by atomic mass is 10.2. The summed E-state index contributed by atoms with van der Waals surface area (Å²) in [5.74, 6) is 0.401. The van der Waals surface area contributed by atoms with Gasteiger partial charge in [-0.25, -0.2) is 0 Å². The first-order chi connectivity index (χ1) is 7.72. The zero-order chi connectivity index (χ0) is 11.5. The highest BCUT2D eigenvalue weighted by molar-refractivity contribution is 5.27. The normalized spacial score (nSPS) is 23.4. The second kappa shape index (κ2) is 4.77. The summed E-state index contributed by atoms with van der Waals surface area (Å²) in [4.78, 5) is 1.85. The molecule has 2 unspecified atom stereocenters. The number of morpholine rings is 1. The summed E-state index contributed by atoms with van der Waals surface area (Å²) in [5, 5.41) is 17.0. The number of aliphatic hydroxyl groups is 1. The summed E-state index contributed by atoms with van der Waals surface area (Å²) in [6.45, 7) is 3.46. The van der Waals surface area contributed by atoms with E-state index < -0.39 is 0 Å². The van der Waals surface area contributed by atoms with Gasteiger partial charge in [-0.1, -0.05) is 5.10 Å². The van der Waals surface area contributed by atoms with E-state index in [9.17, 15) is 5.11 Å². The summed E-state index contributed by atoms with van der Waals surface area (Å²) in [6.07, 6.45) is 0. The molecular formula is C9H16N4O3. The molecule has 1 saturated heterocycles. The van der Waals surface area contributed by atoms with E-state index in [1.165, 1.54) is 0 Å². The standard InChI is InChI=1S/C9H16N4O3/c1-6(10)8-11-12-9(16-8)13-2-3-15-5-7(13)4-14/h6-7,14H,2-5,10H2,1H3. The van der Waals surface area contributed by atoms with E-state index in [0.717, 1.165) is 0 Å². The number of ether oxygens (including phenoxy) is 1. The maximum absolute atomic E-state index is 9.20. The molecule has 0 saturated carbocycles. The van der Waals surface area contributed by atoms with Gasteiger partial charge in [0.15, 0.2) is 0 Å². The van der Waals surface area contributed by atoms with Crippen LogP contribution in [0.15, 0.2) is 4.42 Å². The summed E-state index contributed by atoms with van der Waals surface area (Å²) >= 11 is 0. The molecule has 7 nitrogen and oxygen atoms in total. The Kier molecular flexibility index (Phi) is 3.37. The van der Waals surface area contributed by atoms with Crippen molar-refractivity contribution in [1.82, 2.24) is 10.2 Å². The summed E-state index contributed by atoms with van der Waals surface area (Å²) in [6, 6.07) is -0.0142. The van der Waals surface area contributed by atoms with E-state index in [0.29, 0.717) is 31.7 Å². The molecule has 1 aromatic heterocycles. The van der Waals surface area contributed by atoms with Gasteiger partial charge >= 0.3 is 6.01 Å². The van der Waals surface area contributed by atoms with Crippen LogP contribution >= 0.6 is 0 Å². The van der Waals surface area contributed by atoms with Crippen molar-refractivity contribution in [1.29, 1.82) is 0 Å². The van der Waals surface area contributed by atoms with Gasteiger partial charge in [-0.15, -0.1) is 5.10 Å². The Morgan fingerprint density at radius 2 is 2.44 bits per heavy atom. The van der Waals surface area contributed by atoms with Gasteiger partial charge in [0.1, 0.15) is 0 Å². The maximum atomic E-state index is 9.20. The minimum atomic E-state index is -0.283. The summed E-state index contributed by atoms with van der Waals surface area (Å²) < 4.78 is 10.7. The lowest BCUT2D eigenvalue weighted by Crippen LogP contribution is -2.47. The third-order valence-electron chi connectivity index (χ3n) is 2.50. The van der Waals surface area contributed by atoms with E-state index in [1.807, 2.05) is 4.90 Å². The minimum absolute atomic E-state index is 0.00408. The molecule has 1 fully saturated rings. The molecule has 0 spiro atoms. The predicted octanol–water partition coefficient (Wildman–Crippen LogP) is -0.713. The molecule has 2 rings (SSSR count). The number of nitrogens with zero attached hydrogens (tertiary/aromatic N) is 3. The quantitative estimate of drug-likeness (QED) is 0.705. The number of hydrogen-bond acceptors (Lipinski definition) is 7. The lowest BCUT2D eigenvalue weighted by molar-refractivity contribution is 0.0697. The molecule has 16 heavy (non-hydrogen) atoms. The van der Waals surface area contributed by atoms with Gasteiger partial charge in [0, 0.05) is 6.54 Å². The number of aliphatic hydroxyl groups excluding tert-OH is 1. The maximum Gasteiger partial charge on any atom is 0.318 e. The molecule has 3 N–H and O–H groups in total. The number of aromatic nitrogens is 2. The lowest BCUT2D eigenvalue weighted by Gasteiger charge is -2.32. The minimum Gasteiger partial charge on any atom is -0.406 e. The van der Waals surface area contributed by atoms with Crippen molar-refractivity contribution >= 4 is 6.01 Å². The zero-order valence-corrected chi connectivity index (χ0v) is 9.17. The molecule has 0 amide bonds. The molecule has 0 bridgehead atoms. The van der Waals surface area contributed by atoms with Crippen LogP contribution in [-0.2, 0) is 4.74 Å².